The molecule has 23 heavy (non-hydrogen) atoms. The van der Waals surface area contributed by atoms with E-state index in [4.69, 9.17) is 4.74 Å². The number of aromatic nitrogens is 2. The Morgan fingerprint density at radius 1 is 1.30 bits per heavy atom. The van der Waals surface area contributed by atoms with E-state index in [-0.39, 0.29) is 5.56 Å². The second-order valence-corrected chi connectivity index (χ2v) is 5.83. The average molecular weight is 311 g/mol. The molecule has 1 heterocycles. The minimum absolute atomic E-state index is 0.211. The minimum atomic E-state index is -0.609. The van der Waals surface area contributed by atoms with Gasteiger partial charge in [0.2, 0.25) is 5.88 Å². The summed E-state index contributed by atoms with van der Waals surface area (Å²) in [5.74, 6) is 0.428. The third kappa shape index (κ3) is 2.99. The number of aromatic amines is 1. The molecule has 1 aliphatic carbocycles. The first kappa shape index (κ1) is 15.3. The summed E-state index contributed by atoms with van der Waals surface area (Å²) in [5, 5.41) is 11.3. The van der Waals surface area contributed by atoms with Crippen LogP contribution in [0.3, 0.4) is 0 Å². The lowest BCUT2D eigenvalue weighted by molar-refractivity contribution is 0.166. The van der Waals surface area contributed by atoms with Crippen LogP contribution in [0.15, 0.2) is 53.0 Å². The van der Waals surface area contributed by atoms with E-state index in [0.717, 1.165) is 25.1 Å². The molecule has 0 saturated heterocycles. The number of hydrogen-bond donors (Lipinski definition) is 2. The number of nitrogens with zero attached hydrogens (tertiary/aromatic N) is 1. The lowest BCUT2D eigenvalue weighted by Crippen LogP contribution is -2.38. The quantitative estimate of drug-likeness (QED) is 0.805. The van der Waals surface area contributed by atoms with E-state index < -0.39 is 5.60 Å². The molecule has 5 heteroatoms. The Bertz CT molecular complexity index is 822. The molecule has 0 bridgehead atoms. The van der Waals surface area contributed by atoms with Gasteiger partial charge in [0.25, 0.3) is 5.56 Å². The molecule has 3 rings (SSSR count). The van der Waals surface area contributed by atoms with Crippen molar-refractivity contribution in [2.75, 3.05) is 6.54 Å². The van der Waals surface area contributed by atoms with Crippen molar-refractivity contribution in [3.8, 4) is 5.88 Å². The second kappa shape index (κ2) is 6.28. The lowest BCUT2D eigenvalue weighted by Gasteiger charge is -2.28. The van der Waals surface area contributed by atoms with Crippen LogP contribution in [-0.2, 0) is 0 Å². The summed E-state index contributed by atoms with van der Waals surface area (Å²) in [5.41, 5.74) is 0.182. The zero-order valence-corrected chi connectivity index (χ0v) is 13.4. The summed E-state index contributed by atoms with van der Waals surface area (Å²) < 4.78 is 6.18. The largest absolute Gasteiger partial charge is 0.459 e. The van der Waals surface area contributed by atoms with Gasteiger partial charge in [-0.15, -0.1) is 5.10 Å². The Kier molecular flexibility index (Phi) is 4.19. The van der Waals surface area contributed by atoms with Gasteiger partial charge in [0.05, 0.1) is 16.5 Å². The van der Waals surface area contributed by atoms with Crippen molar-refractivity contribution in [2.45, 2.75) is 32.3 Å². The maximum absolute atomic E-state index is 11.9. The van der Waals surface area contributed by atoms with Crippen LogP contribution < -0.4 is 15.6 Å². The number of unbranched alkanes of at least 4 members (excludes halogenated alkanes) is 1. The molecule has 120 valence electrons. The van der Waals surface area contributed by atoms with Crippen LogP contribution in [0.25, 0.3) is 10.8 Å². The van der Waals surface area contributed by atoms with E-state index in [1.165, 1.54) is 0 Å². The fourth-order valence-electron chi connectivity index (χ4n) is 2.67. The standard InChI is InChI=1S/C18H21N3O2/c1-3-4-12-19-15-10-7-11-18(15,2)23-17-14-9-6-5-8-13(14)16(22)20-21-17/h5-11,19H,3-4,12H2,1-2H3,(H,20,22). The molecule has 1 aliphatic rings. The number of allylic oxidation sites excluding steroid dienone is 2. The van der Waals surface area contributed by atoms with Crippen LogP contribution in [0.1, 0.15) is 26.7 Å². The predicted molar refractivity (Wildman–Crippen MR) is 91.5 cm³/mol. The maximum Gasteiger partial charge on any atom is 0.272 e. The SMILES string of the molecule is CCCCNC1=CC=CC1(C)Oc1n[nH]c(=O)c2ccccc12. The number of rotatable bonds is 6. The second-order valence-electron chi connectivity index (χ2n) is 5.83. The monoisotopic (exact) mass is 311 g/mol. The molecule has 0 aliphatic heterocycles. The van der Waals surface area contributed by atoms with Gasteiger partial charge >= 0.3 is 0 Å². The van der Waals surface area contributed by atoms with Gasteiger partial charge in [-0.3, -0.25) is 4.79 Å². The zero-order valence-electron chi connectivity index (χ0n) is 13.4. The average Bonchev–Trinajstić information content (AvgIpc) is 2.92. The molecule has 1 unspecified atom stereocenters. The van der Waals surface area contributed by atoms with Crippen LogP contribution >= 0.6 is 0 Å². The fourth-order valence-corrected chi connectivity index (χ4v) is 2.67. The van der Waals surface area contributed by atoms with E-state index in [1.54, 1.807) is 6.07 Å². The maximum atomic E-state index is 11.9. The van der Waals surface area contributed by atoms with Crippen LogP contribution in [0.2, 0.25) is 0 Å². The third-order valence-corrected chi connectivity index (χ3v) is 4.03. The molecule has 2 aromatic rings. The van der Waals surface area contributed by atoms with Crippen molar-refractivity contribution < 1.29 is 4.74 Å². The first-order chi connectivity index (χ1) is 11.1. The van der Waals surface area contributed by atoms with Crippen molar-refractivity contribution in [3.05, 3.63) is 58.5 Å². The van der Waals surface area contributed by atoms with Crippen molar-refractivity contribution in [1.82, 2.24) is 15.5 Å². The van der Waals surface area contributed by atoms with E-state index in [2.05, 4.69) is 22.4 Å². The van der Waals surface area contributed by atoms with Gasteiger partial charge < -0.3 is 10.1 Å². The van der Waals surface area contributed by atoms with Gasteiger partial charge in [0.1, 0.15) is 0 Å². The lowest BCUT2D eigenvalue weighted by atomic mass is 10.1. The number of hydrogen-bond acceptors (Lipinski definition) is 4. The Morgan fingerprint density at radius 2 is 2.09 bits per heavy atom. The number of H-pyrrole nitrogens is 1. The molecule has 2 N–H and O–H groups in total. The summed E-state index contributed by atoms with van der Waals surface area (Å²) in [7, 11) is 0. The Labute approximate surface area is 135 Å². The molecule has 0 fully saturated rings. The minimum Gasteiger partial charge on any atom is -0.459 e. The molecule has 1 aromatic heterocycles. The highest BCUT2D eigenvalue weighted by atomic mass is 16.5. The summed E-state index contributed by atoms with van der Waals surface area (Å²) >= 11 is 0. The molecular formula is C18H21N3O2. The van der Waals surface area contributed by atoms with Crippen molar-refractivity contribution in [2.24, 2.45) is 0 Å². The van der Waals surface area contributed by atoms with Crippen LogP contribution in [-0.4, -0.2) is 22.3 Å². The summed E-state index contributed by atoms with van der Waals surface area (Å²) in [6.07, 6.45) is 8.22. The van der Waals surface area contributed by atoms with Gasteiger partial charge in [0, 0.05) is 6.54 Å². The first-order valence-corrected chi connectivity index (χ1v) is 7.94. The van der Waals surface area contributed by atoms with Crippen LogP contribution in [0, 0.1) is 0 Å². The Hall–Kier alpha value is -2.56. The van der Waals surface area contributed by atoms with E-state index >= 15 is 0 Å². The molecule has 0 amide bonds. The Balaban J connectivity index is 1.89. The molecular weight excluding hydrogens is 290 g/mol. The van der Waals surface area contributed by atoms with Crippen molar-refractivity contribution in [3.63, 3.8) is 0 Å². The van der Waals surface area contributed by atoms with Crippen molar-refractivity contribution in [1.29, 1.82) is 0 Å². The van der Waals surface area contributed by atoms with Crippen molar-refractivity contribution >= 4 is 10.8 Å². The number of nitrogens with one attached hydrogen (secondary N) is 2. The molecule has 0 spiro atoms. The summed E-state index contributed by atoms with van der Waals surface area (Å²) in [4.78, 5) is 11.9. The van der Waals surface area contributed by atoms with Crippen LogP contribution in [0.5, 0.6) is 5.88 Å². The smallest absolute Gasteiger partial charge is 0.272 e. The van der Waals surface area contributed by atoms with Gasteiger partial charge in [-0.2, -0.15) is 0 Å². The van der Waals surface area contributed by atoms with Gasteiger partial charge in [-0.05, 0) is 37.6 Å². The molecule has 1 atom stereocenters. The third-order valence-electron chi connectivity index (χ3n) is 4.03. The fraction of sp³-hybridized carbons (Fsp3) is 0.333. The highest BCUT2D eigenvalue weighted by molar-refractivity contribution is 5.85. The predicted octanol–water partition coefficient (Wildman–Crippen LogP) is 2.90. The van der Waals surface area contributed by atoms with Gasteiger partial charge in [-0.25, -0.2) is 5.10 Å². The highest BCUT2D eigenvalue weighted by Crippen LogP contribution is 2.30. The summed E-state index contributed by atoms with van der Waals surface area (Å²) in [6, 6.07) is 7.32. The molecule has 0 saturated carbocycles. The number of fused-ring (bicyclic) bond motifs is 1. The zero-order chi connectivity index (χ0) is 16.3. The highest BCUT2D eigenvalue weighted by Gasteiger charge is 2.32. The first-order valence-electron chi connectivity index (χ1n) is 7.94. The number of benzene rings is 1. The van der Waals surface area contributed by atoms with E-state index in [9.17, 15) is 4.79 Å². The van der Waals surface area contributed by atoms with Gasteiger partial charge in [0.15, 0.2) is 5.60 Å². The normalized spacial score (nSPS) is 19.8. The summed E-state index contributed by atoms with van der Waals surface area (Å²) in [6.45, 7) is 5.06. The Morgan fingerprint density at radius 3 is 2.87 bits per heavy atom. The molecule has 1 aromatic carbocycles. The molecule has 5 nitrogen and oxygen atoms in total. The molecule has 0 radical (unpaired) electrons. The number of ether oxygens (including phenoxy) is 1. The van der Waals surface area contributed by atoms with E-state index in [1.807, 2.05) is 43.4 Å². The van der Waals surface area contributed by atoms with E-state index in [0.29, 0.717) is 16.7 Å². The topological polar surface area (TPSA) is 67.0 Å². The van der Waals surface area contributed by atoms with Crippen LogP contribution in [0.4, 0.5) is 0 Å². The van der Waals surface area contributed by atoms with Gasteiger partial charge in [-0.1, -0.05) is 31.6 Å².